The van der Waals surface area contributed by atoms with Crippen molar-refractivity contribution in [3.05, 3.63) is 29.8 Å². The zero-order chi connectivity index (χ0) is 20.5. The molecule has 1 atom stereocenters. The van der Waals surface area contributed by atoms with E-state index in [1.807, 2.05) is 7.05 Å². The highest BCUT2D eigenvalue weighted by atomic mass is 127. The van der Waals surface area contributed by atoms with Gasteiger partial charge < -0.3 is 19.9 Å². The molecule has 1 N–H and O–H groups in total. The molecule has 1 aromatic rings. The Kier molecular flexibility index (Phi) is 11.2. The Hall–Kier alpha value is -1.06. The number of anilines is 1. The fourth-order valence-electron chi connectivity index (χ4n) is 4.44. The van der Waals surface area contributed by atoms with Crippen LogP contribution in [0.3, 0.4) is 0 Å². The number of nitrogens with zero attached hydrogens (tertiary/aromatic N) is 4. The maximum atomic E-state index is 5.30. The number of aliphatic imine (C=N–C) groups is 1. The fraction of sp³-hybridized carbons (Fsp3) is 0.696. The second kappa shape index (κ2) is 13.4. The molecule has 0 amide bonds. The van der Waals surface area contributed by atoms with Crippen LogP contribution in [0.15, 0.2) is 29.3 Å². The lowest BCUT2D eigenvalue weighted by Crippen LogP contribution is -2.46. The van der Waals surface area contributed by atoms with Gasteiger partial charge in [0.25, 0.3) is 0 Å². The van der Waals surface area contributed by atoms with Crippen LogP contribution in [0.1, 0.15) is 24.8 Å². The van der Waals surface area contributed by atoms with E-state index in [-0.39, 0.29) is 24.0 Å². The average Bonchev–Trinajstić information content (AvgIpc) is 3.20. The van der Waals surface area contributed by atoms with Crippen molar-refractivity contribution < 1.29 is 4.74 Å². The van der Waals surface area contributed by atoms with Gasteiger partial charge in [-0.2, -0.15) is 0 Å². The van der Waals surface area contributed by atoms with E-state index < -0.39 is 0 Å². The molecule has 0 bridgehead atoms. The van der Waals surface area contributed by atoms with Crippen LogP contribution < -0.4 is 10.2 Å². The highest BCUT2D eigenvalue weighted by Gasteiger charge is 2.24. The molecule has 0 aliphatic carbocycles. The molecule has 2 saturated heterocycles. The Morgan fingerprint density at radius 3 is 2.67 bits per heavy atom. The van der Waals surface area contributed by atoms with Crippen LogP contribution in [0.2, 0.25) is 0 Å². The van der Waals surface area contributed by atoms with Gasteiger partial charge in [0, 0.05) is 71.6 Å². The summed E-state index contributed by atoms with van der Waals surface area (Å²) in [6.07, 6.45) is 3.62. The highest BCUT2D eigenvalue weighted by molar-refractivity contribution is 14.0. The molecular weight excluding hydrogens is 489 g/mol. The summed E-state index contributed by atoms with van der Waals surface area (Å²) in [5.74, 6) is 1.69. The van der Waals surface area contributed by atoms with Crippen LogP contribution >= 0.6 is 24.0 Å². The number of aryl methyl sites for hydroxylation is 1. The lowest BCUT2D eigenvalue weighted by atomic mass is 10.1. The van der Waals surface area contributed by atoms with E-state index in [1.54, 1.807) is 7.11 Å². The van der Waals surface area contributed by atoms with E-state index in [0.29, 0.717) is 5.92 Å². The van der Waals surface area contributed by atoms with Crippen LogP contribution in [0.5, 0.6) is 0 Å². The van der Waals surface area contributed by atoms with Crippen molar-refractivity contribution in [1.29, 1.82) is 0 Å². The SMILES string of the molecule is CN=C(NCCCCN1CCN(c2cccc(C)c2)CC1)N1CCC(COC)C1.I. The predicted molar refractivity (Wildman–Crippen MR) is 137 cm³/mol. The first-order valence-corrected chi connectivity index (χ1v) is 11.2. The van der Waals surface area contributed by atoms with Crippen molar-refractivity contribution in [2.45, 2.75) is 26.2 Å². The number of unbranched alkanes of at least 4 members (excludes halogenated alkanes) is 1. The zero-order valence-electron chi connectivity index (χ0n) is 19.0. The number of benzene rings is 1. The van der Waals surface area contributed by atoms with E-state index in [4.69, 9.17) is 4.74 Å². The monoisotopic (exact) mass is 529 g/mol. The number of ether oxygens (including phenoxy) is 1. The molecule has 30 heavy (non-hydrogen) atoms. The predicted octanol–water partition coefficient (Wildman–Crippen LogP) is 3.06. The number of piperazine rings is 1. The number of rotatable bonds is 8. The molecule has 2 fully saturated rings. The smallest absolute Gasteiger partial charge is 0.193 e. The maximum absolute atomic E-state index is 5.30. The molecule has 2 heterocycles. The van der Waals surface area contributed by atoms with Crippen LogP contribution in [0, 0.1) is 12.8 Å². The number of likely N-dealkylation sites (tertiary alicyclic amines) is 1. The van der Waals surface area contributed by atoms with Crippen LogP contribution in [-0.4, -0.2) is 88.9 Å². The van der Waals surface area contributed by atoms with Crippen LogP contribution in [-0.2, 0) is 4.74 Å². The molecule has 2 aliphatic heterocycles. The Balaban J connectivity index is 0.00000320. The van der Waals surface area contributed by atoms with Gasteiger partial charge in [0.1, 0.15) is 0 Å². The molecule has 0 radical (unpaired) electrons. The normalized spacial score (nSPS) is 20.4. The standard InChI is InChI=1S/C23H39N5O.HI/c1-20-7-6-8-22(17-20)27-15-13-26(14-16-27)11-5-4-10-25-23(24-2)28-12-9-21(18-28)19-29-3;/h6-8,17,21H,4-5,9-16,18-19H2,1-3H3,(H,24,25);1H. The van der Waals surface area contributed by atoms with E-state index in [9.17, 15) is 0 Å². The first-order valence-electron chi connectivity index (χ1n) is 11.2. The van der Waals surface area contributed by atoms with Gasteiger partial charge in [0.15, 0.2) is 5.96 Å². The summed E-state index contributed by atoms with van der Waals surface area (Å²) >= 11 is 0. The molecular formula is C23H40IN5O. The molecule has 2 aliphatic rings. The number of hydrogen-bond acceptors (Lipinski definition) is 4. The summed E-state index contributed by atoms with van der Waals surface area (Å²) in [5.41, 5.74) is 2.71. The first-order chi connectivity index (χ1) is 14.2. The minimum absolute atomic E-state index is 0. The Bertz CT molecular complexity index is 648. The maximum Gasteiger partial charge on any atom is 0.193 e. The van der Waals surface area contributed by atoms with Crippen molar-refractivity contribution in [3.8, 4) is 0 Å². The van der Waals surface area contributed by atoms with Crippen LogP contribution in [0.25, 0.3) is 0 Å². The molecule has 0 aromatic heterocycles. The number of nitrogens with one attached hydrogen (secondary N) is 1. The van der Waals surface area contributed by atoms with Crippen LogP contribution in [0.4, 0.5) is 5.69 Å². The fourth-order valence-corrected chi connectivity index (χ4v) is 4.44. The summed E-state index contributed by atoms with van der Waals surface area (Å²) in [6, 6.07) is 8.87. The van der Waals surface area contributed by atoms with Crippen molar-refractivity contribution >= 4 is 35.6 Å². The van der Waals surface area contributed by atoms with Gasteiger partial charge in [-0.25, -0.2) is 0 Å². The number of hydrogen-bond donors (Lipinski definition) is 1. The summed E-state index contributed by atoms with van der Waals surface area (Å²) in [5, 5.41) is 3.55. The van der Waals surface area contributed by atoms with E-state index in [2.05, 4.69) is 56.2 Å². The topological polar surface area (TPSA) is 43.3 Å². The first kappa shape index (κ1) is 25.2. The molecule has 1 unspecified atom stereocenters. The molecule has 170 valence electrons. The third-order valence-electron chi connectivity index (χ3n) is 6.12. The summed E-state index contributed by atoms with van der Waals surface area (Å²) in [6.45, 7) is 11.9. The Labute approximate surface area is 200 Å². The quantitative estimate of drug-likeness (QED) is 0.243. The molecule has 3 rings (SSSR count). The number of guanidine groups is 1. The van der Waals surface area contributed by atoms with Crippen molar-refractivity contribution in [3.63, 3.8) is 0 Å². The molecule has 0 saturated carbocycles. The summed E-state index contributed by atoms with van der Waals surface area (Å²) in [4.78, 5) is 12.0. The largest absolute Gasteiger partial charge is 0.384 e. The second-order valence-electron chi connectivity index (χ2n) is 8.40. The lowest BCUT2D eigenvalue weighted by molar-refractivity contribution is 0.157. The number of halogens is 1. The summed E-state index contributed by atoms with van der Waals surface area (Å²) in [7, 11) is 3.68. The molecule has 1 aromatic carbocycles. The number of methoxy groups -OCH3 is 1. The molecule has 0 spiro atoms. The lowest BCUT2D eigenvalue weighted by Gasteiger charge is -2.36. The van der Waals surface area contributed by atoms with Gasteiger partial charge in [0.05, 0.1) is 6.61 Å². The van der Waals surface area contributed by atoms with Gasteiger partial charge in [-0.3, -0.25) is 9.89 Å². The third kappa shape index (κ3) is 7.57. The Morgan fingerprint density at radius 2 is 1.97 bits per heavy atom. The minimum Gasteiger partial charge on any atom is -0.384 e. The van der Waals surface area contributed by atoms with Crippen molar-refractivity contribution in [2.24, 2.45) is 10.9 Å². The molecule has 7 heteroatoms. The minimum atomic E-state index is 0. The van der Waals surface area contributed by atoms with Gasteiger partial charge in [-0.15, -0.1) is 24.0 Å². The summed E-state index contributed by atoms with van der Waals surface area (Å²) < 4.78 is 5.30. The van der Waals surface area contributed by atoms with E-state index in [1.165, 1.54) is 37.1 Å². The molecule has 6 nitrogen and oxygen atoms in total. The average molecular weight is 530 g/mol. The van der Waals surface area contributed by atoms with Gasteiger partial charge in [0.2, 0.25) is 0 Å². The van der Waals surface area contributed by atoms with E-state index in [0.717, 1.165) is 58.4 Å². The zero-order valence-corrected chi connectivity index (χ0v) is 21.3. The van der Waals surface area contributed by atoms with Gasteiger partial charge in [-0.1, -0.05) is 12.1 Å². The van der Waals surface area contributed by atoms with E-state index >= 15 is 0 Å². The second-order valence-corrected chi connectivity index (χ2v) is 8.40. The highest BCUT2D eigenvalue weighted by Crippen LogP contribution is 2.18. The van der Waals surface area contributed by atoms with Crippen molar-refractivity contribution in [1.82, 2.24) is 15.1 Å². The van der Waals surface area contributed by atoms with Crippen molar-refractivity contribution in [2.75, 3.05) is 78.0 Å². The van der Waals surface area contributed by atoms with Gasteiger partial charge >= 0.3 is 0 Å². The van der Waals surface area contributed by atoms with Gasteiger partial charge in [-0.05, 0) is 50.4 Å². The Morgan fingerprint density at radius 1 is 1.17 bits per heavy atom. The third-order valence-corrected chi connectivity index (χ3v) is 6.12.